The monoisotopic (exact) mass is 394 g/mol. The summed E-state index contributed by atoms with van der Waals surface area (Å²) in [6.45, 7) is 0. The highest BCUT2D eigenvalue weighted by Gasteiger charge is 2.19. The van der Waals surface area contributed by atoms with E-state index in [1.54, 1.807) is 19.2 Å². The van der Waals surface area contributed by atoms with Gasteiger partial charge >= 0.3 is 0 Å². The van der Waals surface area contributed by atoms with Crippen LogP contribution in [0.4, 0.5) is 5.95 Å². The van der Waals surface area contributed by atoms with E-state index in [0.717, 1.165) is 4.47 Å². The van der Waals surface area contributed by atoms with Gasteiger partial charge in [0.15, 0.2) is 0 Å². The Hall–Kier alpha value is -0.930. The van der Waals surface area contributed by atoms with Crippen LogP contribution in [0, 0.1) is 0 Å². The molecule has 2 rings (SSSR count). The average Bonchev–Trinajstić information content (AvgIpc) is 2.63. The molecule has 0 spiro atoms. The van der Waals surface area contributed by atoms with Gasteiger partial charge in [-0.3, -0.25) is 0 Å². The maximum atomic E-state index is 12.1. The van der Waals surface area contributed by atoms with E-state index >= 15 is 0 Å². The Morgan fingerprint density at radius 1 is 1.33 bits per heavy atom. The highest BCUT2D eigenvalue weighted by molar-refractivity contribution is 9.11. The fourth-order valence-corrected chi connectivity index (χ4v) is 4.04. The summed E-state index contributed by atoms with van der Waals surface area (Å²) in [5.74, 6) is 0.157. The molecule has 0 bridgehead atoms. The van der Waals surface area contributed by atoms with E-state index in [0.29, 0.717) is 4.47 Å². The van der Waals surface area contributed by atoms with E-state index in [1.165, 1.54) is 17.1 Å². The number of nitrogens with one attached hydrogen (secondary N) is 1. The number of anilines is 1. The zero-order valence-corrected chi connectivity index (χ0v) is 13.1. The van der Waals surface area contributed by atoms with Crippen molar-refractivity contribution in [3.63, 3.8) is 0 Å². The molecule has 0 amide bonds. The summed E-state index contributed by atoms with van der Waals surface area (Å²) in [6.07, 6.45) is 1.27. The zero-order chi connectivity index (χ0) is 13.3. The summed E-state index contributed by atoms with van der Waals surface area (Å²) in [4.78, 5) is 3.94. The lowest BCUT2D eigenvalue weighted by Gasteiger charge is -2.08. The summed E-state index contributed by atoms with van der Waals surface area (Å²) < 4.78 is 29.2. The number of aromatic nitrogens is 3. The van der Waals surface area contributed by atoms with Crippen molar-refractivity contribution in [3.8, 4) is 0 Å². The van der Waals surface area contributed by atoms with Gasteiger partial charge in [-0.2, -0.15) is 10.1 Å². The SMILES string of the molecule is Cn1ncnc1NS(=O)(=O)c1ccc(Br)cc1Br. The third-order valence-electron chi connectivity index (χ3n) is 2.12. The number of hydrogen-bond acceptors (Lipinski definition) is 4. The summed E-state index contributed by atoms with van der Waals surface area (Å²) in [5.41, 5.74) is 0. The number of rotatable bonds is 3. The van der Waals surface area contributed by atoms with Gasteiger partial charge in [-0.05, 0) is 34.1 Å². The molecule has 1 heterocycles. The fraction of sp³-hybridized carbons (Fsp3) is 0.111. The first-order chi connectivity index (χ1) is 8.40. The third kappa shape index (κ3) is 2.73. The van der Waals surface area contributed by atoms with Crippen LogP contribution in [0.3, 0.4) is 0 Å². The minimum atomic E-state index is -3.69. The second-order valence-electron chi connectivity index (χ2n) is 3.39. The predicted molar refractivity (Wildman–Crippen MR) is 73.7 cm³/mol. The molecule has 1 aromatic heterocycles. The highest BCUT2D eigenvalue weighted by atomic mass is 79.9. The average molecular weight is 396 g/mol. The van der Waals surface area contributed by atoms with E-state index < -0.39 is 10.0 Å². The van der Waals surface area contributed by atoms with Crippen LogP contribution in [-0.2, 0) is 17.1 Å². The minimum absolute atomic E-state index is 0.133. The molecule has 0 aliphatic heterocycles. The lowest BCUT2D eigenvalue weighted by molar-refractivity contribution is 0.599. The molecule has 0 aliphatic carbocycles. The molecule has 0 saturated carbocycles. The molecule has 0 aliphatic rings. The Balaban J connectivity index is 2.40. The molecular formula is C9H8Br2N4O2S. The van der Waals surface area contributed by atoms with Crippen molar-refractivity contribution in [2.24, 2.45) is 7.05 Å². The van der Waals surface area contributed by atoms with Crippen molar-refractivity contribution in [2.75, 3.05) is 4.72 Å². The maximum absolute atomic E-state index is 12.1. The van der Waals surface area contributed by atoms with Crippen LogP contribution >= 0.6 is 31.9 Å². The van der Waals surface area contributed by atoms with Crippen LogP contribution in [0.1, 0.15) is 0 Å². The fourth-order valence-electron chi connectivity index (χ4n) is 1.26. The molecule has 0 saturated heterocycles. The largest absolute Gasteiger partial charge is 0.265 e. The molecule has 9 heteroatoms. The Morgan fingerprint density at radius 2 is 2.06 bits per heavy atom. The Kier molecular flexibility index (Phi) is 3.74. The molecule has 1 N–H and O–H groups in total. The van der Waals surface area contributed by atoms with E-state index in [4.69, 9.17) is 0 Å². The number of hydrogen-bond donors (Lipinski definition) is 1. The van der Waals surface area contributed by atoms with Crippen molar-refractivity contribution in [2.45, 2.75) is 4.90 Å². The molecule has 1 aromatic carbocycles. The van der Waals surface area contributed by atoms with Crippen molar-refractivity contribution in [1.82, 2.24) is 14.8 Å². The smallest absolute Gasteiger partial charge is 0.247 e. The summed E-state index contributed by atoms with van der Waals surface area (Å²) in [6, 6.07) is 4.80. The first kappa shape index (κ1) is 13.5. The van der Waals surface area contributed by atoms with Gasteiger partial charge in [-0.1, -0.05) is 15.9 Å². The molecule has 96 valence electrons. The van der Waals surface area contributed by atoms with Crippen LogP contribution in [0.5, 0.6) is 0 Å². The number of halogens is 2. The van der Waals surface area contributed by atoms with Gasteiger partial charge in [-0.25, -0.2) is 17.8 Å². The van der Waals surface area contributed by atoms with Gasteiger partial charge in [0.25, 0.3) is 10.0 Å². The molecular weight excluding hydrogens is 388 g/mol. The first-order valence-corrected chi connectivity index (χ1v) is 7.79. The summed E-state index contributed by atoms with van der Waals surface area (Å²) in [5, 5.41) is 3.79. The third-order valence-corrected chi connectivity index (χ3v) is 4.92. The molecule has 0 unspecified atom stereocenters. The number of nitrogens with zero attached hydrogens (tertiary/aromatic N) is 3. The molecule has 6 nitrogen and oxygen atoms in total. The molecule has 0 radical (unpaired) electrons. The molecule has 18 heavy (non-hydrogen) atoms. The minimum Gasteiger partial charge on any atom is -0.247 e. The maximum Gasteiger partial charge on any atom is 0.265 e. The van der Waals surface area contributed by atoms with Crippen LogP contribution < -0.4 is 4.72 Å². The predicted octanol–water partition coefficient (Wildman–Crippen LogP) is 2.14. The number of sulfonamides is 1. The van der Waals surface area contributed by atoms with Gasteiger partial charge in [-0.15, -0.1) is 0 Å². The highest BCUT2D eigenvalue weighted by Crippen LogP contribution is 2.26. The first-order valence-electron chi connectivity index (χ1n) is 4.72. The van der Waals surface area contributed by atoms with Crippen molar-refractivity contribution < 1.29 is 8.42 Å². The number of benzene rings is 1. The van der Waals surface area contributed by atoms with Crippen LogP contribution in [0.15, 0.2) is 38.4 Å². The van der Waals surface area contributed by atoms with Crippen LogP contribution in [0.25, 0.3) is 0 Å². The van der Waals surface area contributed by atoms with Gasteiger partial charge in [0.05, 0.1) is 0 Å². The second-order valence-corrected chi connectivity index (χ2v) is 6.81. The van der Waals surface area contributed by atoms with Crippen LogP contribution in [0.2, 0.25) is 0 Å². The second kappa shape index (κ2) is 4.98. The van der Waals surface area contributed by atoms with E-state index in [-0.39, 0.29) is 10.8 Å². The normalized spacial score (nSPS) is 11.5. The van der Waals surface area contributed by atoms with Gasteiger partial charge in [0.1, 0.15) is 11.2 Å². The Bertz CT molecular complexity index is 684. The van der Waals surface area contributed by atoms with E-state index in [1.807, 2.05) is 0 Å². The number of aryl methyl sites for hydroxylation is 1. The zero-order valence-electron chi connectivity index (χ0n) is 9.13. The van der Waals surface area contributed by atoms with E-state index in [2.05, 4.69) is 46.7 Å². The Morgan fingerprint density at radius 3 is 2.61 bits per heavy atom. The lowest BCUT2D eigenvalue weighted by atomic mass is 10.4. The molecule has 0 atom stereocenters. The molecule has 0 fully saturated rings. The van der Waals surface area contributed by atoms with Crippen molar-refractivity contribution in [3.05, 3.63) is 33.5 Å². The van der Waals surface area contributed by atoms with Crippen LogP contribution in [-0.4, -0.2) is 23.2 Å². The Labute approximate surface area is 121 Å². The topological polar surface area (TPSA) is 76.9 Å². The summed E-state index contributed by atoms with van der Waals surface area (Å²) in [7, 11) is -2.10. The van der Waals surface area contributed by atoms with Gasteiger partial charge in [0.2, 0.25) is 5.95 Å². The van der Waals surface area contributed by atoms with E-state index in [9.17, 15) is 8.42 Å². The van der Waals surface area contributed by atoms with Gasteiger partial charge in [0, 0.05) is 16.0 Å². The standard InChI is InChI=1S/C9H8Br2N4O2S/c1-15-9(12-5-13-15)14-18(16,17)8-3-2-6(10)4-7(8)11/h2-5H,1H3,(H,12,13,14). The summed E-state index contributed by atoms with van der Waals surface area (Å²) >= 11 is 6.48. The quantitative estimate of drug-likeness (QED) is 0.863. The lowest BCUT2D eigenvalue weighted by Crippen LogP contribution is -2.16. The molecule has 2 aromatic rings. The van der Waals surface area contributed by atoms with Gasteiger partial charge < -0.3 is 0 Å². The van der Waals surface area contributed by atoms with Crippen molar-refractivity contribution in [1.29, 1.82) is 0 Å². The van der Waals surface area contributed by atoms with Crippen molar-refractivity contribution >= 4 is 47.8 Å².